The molecular weight excluding hydrogens is 352 g/mol. The van der Waals surface area contributed by atoms with Crippen LogP contribution in [0, 0.1) is 28.6 Å². The van der Waals surface area contributed by atoms with Crippen LogP contribution < -0.4 is 0 Å². The average Bonchev–Trinajstić information content (AvgIpc) is 2.71. The van der Waals surface area contributed by atoms with Crippen molar-refractivity contribution in [1.82, 2.24) is 0 Å². The van der Waals surface area contributed by atoms with Gasteiger partial charge in [0.2, 0.25) is 0 Å². The molecule has 0 aromatic rings. The Labute approximate surface area is 159 Å². The fourth-order valence-electron chi connectivity index (χ4n) is 7.95. The van der Waals surface area contributed by atoms with Gasteiger partial charge in [-0.25, -0.2) is 0 Å². The molecule has 0 saturated heterocycles. The molecule has 7 heteroatoms. The van der Waals surface area contributed by atoms with E-state index in [1.165, 1.54) is 6.92 Å². The molecule has 7 N–H and O–H groups in total. The van der Waals surface area contributed by atoms with Crippen LogP contribution in [-0.4, -0.2) is 77.0 Å². The van der Waals surface area contributed by atoms with Gasteiger partial charge in [0.25, 0.3) is 0 Å². The average molecular weight is 386 g/mol. The topological polar surface area (TPSA) is 142 Å². The van der Waals surface area contributed by atoms with Crippen molar-refractivity contribution in [1.29, 1.82) is 0 Å². The van der Waals surface area contributed by atoms with E-state index < -0.39 is 63.9 Å². The maximum absolute atomic E-state index is 11.7. The van der Waals surface area contributed by atoms with Crippen LogP contribution in [0.2, 0.25) is 0 Å². The number of aliphatic hydroxyl groups excluding tert-OH is 4. The second-order valence-electron chi connectivity index (χ2n) is 10.9. The van der Waals surface area contributed by atoms with Crippen molar-refractivity contribution in [3.8, 4) is 0 Å². The Kier molecular flexibility index (Phi) is 3.89. The van der Waals surface area contributed by atoms with Gasteiger partial charge in [-0.05, 0) is 45.4 Å². The Bertz CT molecular complexity index is 646. The normalized spacial score (nSPS) is 64.8. The van der Waals surface area contributed by atoms with E-state index in [0.717, 1.165) is 0 Å². The summed E-state index contributed by atoms with van der Waals surface area (Å²) in [5.41, 5.74) is -6.94. The number of hydrogen-bond acceptors (Lipinski definition) is 7. The molecule has 156 valence electrons. The molecule has 4 rings (SSSR count). The van der Waals surface area contributed by atoms with Crippen molar-refractivity contribution in [2.75, 3.05) is 0 Å². The summed E-state index contributed by atoms with van der Waals surface area (Å²) in [4.78, 5) is 0. The highest BCUT2D eigenvalue weighted by atomic mass is 16.4. The van der Waals surface area contributed by atoms with Gasteiger partial charge < -0.3 is 35.7 Å². The van der Waals surface area contributed by atoms with Crippen LogP contribution in [0.15, 0.2) is 0 Å². The predicted molar refractivity (Wildman–Crippen MR) is 95.4 cm³/mol. The quantitative estimate of drug-likeness (QED) is 0.287. The zero-order valence-corrected chi connectivity index (χ0v) is 16.5. The van der Waals surface area contributed by atoms with Gasteiger partial charge in [-0.3, -0.25) is 0 Å². The molecule has 27 heavy (non-hydrogen) atoms. The third-order valence-corrected chi connectivity index (χ3v) is 9.24. The van der Waals surface area contributed by atoms with Gasteiger partial charge in [-0.2, -0.15) is 0 Å². The molecule has 4 aliphatic carbocycles. The highest BCUT2D eigenvalue weighted by Crippen LogP contribution is 2.69. The van der Waals surface area contributed by atoms with E-state index >= 15 is 0 Å². The first-order valence-corrected chi connectivity index (χ1v) is 10.0. The largest absolute Gasteiger partial charge is 0.392 e. The van der Waals surface area contributed by atoms with Gasteiger partial charge in [0.1, 0.15) is 5.60 Å². The SMILES string of the molecule is CC1(C)[C@@H](O)[C@H](O)[C@H]2[C@](C)(O)[C@@H]3CC[C@H]4[C@@H](O)[C@@]3(C[C@@H](O)[C@@]21O)C[C@@]4(C)O. The molecule has 1 spiro atoms. The Morgan fingerprint density at radius 3 is 2.00 bits per heavy atom. The first-order valence-electron chi connectivity index (χ1n) is 10.0. The van der Waals surface area contributed by atoms with Crippen molar-refractivity contribution >= 4 is 0 Å². The van der Waals surface area contributed by atoms with Crippen LogP contribution in [0.1, 0.15) is 53.4 Å². The smallest absolute Gasteiger partial charge is 0.106 e. The lowest BCUT2D eigenvalue weighted by atomic mass is 9.57. The van der Waals surface area contributed by atoms with Crippen molar-refractivity contribution < 1.29 is 35.7 Å². The van der Waals surface area contributed by atoms with Crippen molar-refractivity contribution in [2.24, 2.45) is 28.6 Å². The summed E-state index contributed by atoms with van der Waals surface area (Å²) < 4.78 is 0. The maximum atomic E-state index is 11.7. The summed E-state index contributed by atoms with van der Waals surface area (Å²) in [6, 6.07) is 0. The van der Waals surface area contributed by atoms with E-state index in [1.54, 1.807) is 20.8 Å². The van der Waals surface area contributed by atoms with Crippen LogP contribution >= 0.6 is 0 Å². The van der Waals surface area contributed by atoms with Gasteiger partial charge in [0.15, 0.2) is 0 Å². The fraction of sp³-hybridized carbons (Fsp3) is 1.00. The van der Waals surface area contributed by atoms with Crippen molar-refractivity contribution in [3.63, 3.8) is 0 Å². The van der Waals surface area contributed by atoms with Gasteiger partial charge >= 0.3 is 0 Å². The number of rotatable bonds is 0. The molecular formula is C20H34O7. The highest BCUT2D eigenvalue weighted by molar-refractivity contribution is 5.27. The summed E-state index contributed by atoms with van der Waals surface area (Å²) in [7, 11) is 0. The molecule has 0 heterocycles. The number of hydrogen-bond donors (Lipinski definition) is 7. The van der Waals surface area contributed by atoms with E-state index in [9.17, 15) is 35.7 Å². The Balaban J connectivity index is 1.92. The minimum atomic E-state index is -1.94. The lowest BCUT2D eigenvalue weighted by Crippen LogP contribution is -2.62. The molecule has 0 aromatic carbocycles. The van der Waals surface area contributed by atoms with Crippen molar-refractivity contribution in [3.05, 3.63) is 0 Å². The summed E-state index contributed by atoms with van der Waals surface area (Å²) in [5, 5.41) is 78.0. The molecule has 0 amide bonds. The molecule has 0 aromatic heterocycles. The minimum absolute atomic E-state index is 0.00248. The first-order chi connectivity index (χ1) is 12.2. The number of fused-ring (bicyclic) bond motifs is 2. The third-order valence-electron chi connectivity index (χ3n) is 9.24. The lowest BCUT2D eigenvalue weighted by Gasteiger charge is -2.51. The van der Waals surface area contributed by atoms with Crippen LogP contribution in [0.4, 0.5) is 0 Å². The second-order valence-corrected chi connectivity index (χ2v) is 10.9. The molecule has 4 aliphatic rings. The monoisotopic (exact) mass is 386 g/mol. The Hall–Kier alpha value is -0.280. The lowest BCUT2D eigenvalue weighted by molar-refractivity contribution is -0.209. The van der Waals surface area contributed by atoms with Crippen LogP contribution in [0.25, 0.3) is 0 Å². The van der Waals surface area contributed by atoms with Gasteiger partial charge in [-0.15, -0.1) is 0 Å². The standard InChI is InChI=1S/C20H34O7/c1-16(2)15(24)12(22)13-18(4,26)10-6-5-9-14(23)19(10,8-17(9,3)25)7-11(21)20(13,16)27/h9-15,21-27H,5-8H2,1-4H3/t9-,10-,11+,12+,13-,14+,15-,17+,18+,19-,20+/m0/s1. The highest BCUT2D eigenvalue weighted by Gasteiger charge is 2.78. The Morgan fingerprint density at radius 1 is 0.815 bits per heavy atom. The summed E-state index contributed by atoms with van der Waals surface area (Å²) >= 11 is 0. The van der Waals surface area contributed by atoms with E-state index in [1.807, 2.05) is 0 Å². The van der Waals surface area contributed by atoms with E-state index in [-0.39, 0.29) is 18.8 Å². The van der Waals surface area contributed by atoms with Gasteiger partial charge in [0.05, 0.1) is 35.6 Å². The van der Waals surface area contributed by atoms with Crippen molar-refractivity contribution in [2.45, 2.75) is 94.6 Å². The van der Waals surface area contributed by atoms with E-state index in [0.29, 0.717) is 12.8 Å². The van der Waals surface area contributed by atoms with Gasteiger partial charge in [0, 0.05) is 22.7 Å². The molecule has 4 saturated carbocycles. The van der Waals surface area contributed by atoms with Crippen LogP contribution in [0.5, 0.6) is 0 Å². The molecule has 7 nitrogen and oxygen atoms in total. The zero-order valence-electron chi connectivity index (χ0n) is 16.5. The minimum Gasteiger partial charge on any atom is -0.392 e. The number of aliphatic hydroxyl groups is 7. The van der Waals surface area contributed by atoms with E-state index in [4.69, 9.17) is 0 Å². The molecule has 0 unspecified atom stereocenters. The molecule has 11 atom stereocenters. The predicted octanol–water partition coefficient (Wildman–Crippen LogP) is -0.861. The zero-order chi connectivity index (χ0) is 20.4. The van der Waals surface area contributed by atoms with E-state index in [2.05, 4.69) is 0 Å². The molecule has 2 bridgehead atoms. The molecule has 0 aliphatic heterocycles. The summed E-state index contributed by atoms with van der Waals surface area (Å²) in [6.07, 6.45) is -3.78. The van der Waals surface area contributed by atoms with Crippen LogP contribution in [0.3, 0.4) is 0 Å². The summed E-state index contributed by atoms with van der Waals surface area (Å²) in [5.74, 6) is -2.06. The van der Waals surface area contributed by atoms with Gasteiger partial charge in [-0.1, -0.05) is 13.8 Å². The summed E-state index contributed by atoms with van der Waals surface area (Å²) in [6.45, 7) is 6.38. The fourth-order valence-corrected chi connectivity index (χ4v) is 7.95. The molecule has 4 fully saturated rings. The Morgan fingerprint density at radius 2 is 1.41 bits per heavy atom. The first kappa shape index (κ1) is 20.0. The molecule has 0 radical (unpaired) electrons. The van der Waals surface area contributed by atoms with Crippen LogP contribution in [-0.2, 0) is 0 Å². The maximum Gasteiger partial charge on any atom is 0.106 e. The third kappa shape index (κ3) is 2.02. The second kappa shape index (κ2) is 5.25.